The molecule has 206 valence electrons. The van der Waals surface area contributed by atoms with Crippen LogP contribution < -0.4 is 4.74 Å². The first-order valence-corrected chi connectivity index (χ1v) is 14.9. The average Bonchev–Trinajstić information content (AvgIpc) is 3.72. The smallest absolute Gasteiger partial charge is 0.216 e. The summed E-state index contributed by atoms with van der Waals surface area (Å²) in [6, 6.07) is 22.0. The minimum Gasteiger partial charge on any atom is -0.475 e. The van der Waals surface area contributed by atoms with Crippen LogP contribution >= 0.6 is 0 Å². The van der Waals surface area contributed by atoms with Crippen LogP contribution in [0.15, 0.2) is 71.9 Å². The molecule has 3 aliphatic rings. The van der Waals surface area contributed by atoms with E-state index >= 15 is 0 Å². The summed E-state index contributed by atoms with van der Waals surface area (Å²) in [5, 5.41) is 2.41. The van der Waals surface area contributed by atoms with E-state index in [0.29, 0.717) is 12.5 Å². The van der Waals surface area contributed by atoms with Crippen LogP contribution in [0.25, 0.3) is 27.6 Å². The molecule has 41 heavy (non-hydrogen) atoms. The van der Waals surface area contributed by atoms with Gasteiger partial charge < -0.3 is 9.47 Å². The van der Waals surface area contributed by atoms with E-state index in [-0.39, 0.29) is 11.5 Å². The van der Waals surface area contributed by atoms with Crippen LogP contribution in [0, 0.1) is 19.8 Å². The number of para-hydroxylation sites is 1. The molecule has 1 saturated carbocycles. The van der Waals surface area contributed by atoms with E-state index in [1.807, 2.05) is 12.3 Å². The van der Waals surface area contributed by atoms with Crippen molar-refractivity contribution in [3.8, 4) is 17.2 Å². The highest BCUT2D eigenvalue weighted by atomic mass is 16.5. The molecule has 5 nitrogen and oxygen atoms in total. The largest absolute Gasteiger partial charge is 0.475 e. The number of nitrogens with zero attached hydrogens (tertiary/aromatic N) is 3. The number of benzene rings is 3. The summed E-state index contributed by atoms with van der Waals surface area (Å²) in [5.74, 6) is 3.06. The summed E-state index contributed by atoms with van der Waals surface area (Å²) in [5.41, 5.74) is 9.01. The summed E-state index contributed by atoms with van der Waals surface area (Å²) >= 11 is 0. The number of fused-ring (bicyclic) bond motifs is 5. The summed E-state index contributed by atoms with van der Waals surface area (Å²) in [4.78, 5) is 9.86. The molecule has 0 saturated heterocycles. The SMILES string of the molecule is Cc1cc(Oc2cc3c(cc2C)C(C)(C)c2cccc4c5cccnc5n-3c24)cc(C2=N[C@H](C3CCCC3)CO2)c1. The molecule has 2 aliphatic heterocycles. The quantitative estimate of drug-likeness (QED) is 0.229. The van der Waals surface area contributed by atoms with Crippen LogP contribution in [0.1, 0.15) is 67.3 Å². The van der Waals surface area contributed by atoms with E-state index in [2.05, 4.69) is 86.9 Å². The van der Waals surface area contributed by atoms with Crippen molar-refractivity contribution in [1.82, 2.24) is 9.55 Å². The highest BCUT2D eigenvalue weighted by molar-refractivity contribution is 6.10. The van der Waals surface area contributed by atoms with Crippen LogP contribution in [0.5, 0.6) is 11.5 Å². The lowest BCUT2D eigenvalue weighted by molar-refractivity contribution is 0.279. The predicted molar refractivity (Wildman–Crippen MR) is 165 cm³/mol. The molecule has 0 amide bonds. The second kappa shape index (κ2) is 8.94. The third-order valence-electron chi connectivity index (χ3n) is 9.57. The molecular formula is C36H35N3O2. The molecule has 0 spiro atoms. The molecule has 0 radical (unpaired) electrons. The Morgan fingerprint density at radius 3 is 2.61 bits per heavy atom. The van der Waals surface area contributed by atoms with E-state index in [1.165, 1.54) is 53.1 Å². The van der Waals surface area contributed by atoms with Gasteiger partial charge in [-0.25, -0.2) is 9.98 Å². The first-order valence-electron chi connectivity index (χ1n) is 14.9. The first-order chi connectivity index (χ1) is 19.9. The molecule has 3 aromatic carbocycles. The third-order valence-corrected chi connectivity index (χ3v) is 9.57. The van der Waals surface area contributed by atoms with Crippen LogP contribution in [0.3, 0.4) is 0 Å². The van der Waals surface area contributed by atoms with Gasteiger partial charge in [0.05, 0.1) is 17.2 Å². The number of pyridine rings is 1. The van der Waals surface area contributed by atoms with Gasteiger partial charge in [0.1, 0.15) is 23.8 Å². The van der Waals surface area contributed by atoms with Crippen LogP contribution in [-0.2, 0) is 10.2 Å². The van der Waals surface area contributed by atoms with E-state index in [1.54, 1.807) is 0 Å². The van der Waals surface area contributed by atoms with Gasteiger partial charge in [0, 0.05) is 34.0 Å². The molecule has 0 bridgehead atoms. The van der Waals surface area contributed by atoms with Crippen LogP contribution in [0.2, 0.25) is 0 Å². The Labute approximate surface area is 240 Å². The molecule has 8 rings (SSSR count). The Hall–Kier alpha value is -4.12. The standard InChI is InChI=1S/C36H35N3O2/c1-21-15-24(35-38-30(20-40-35)23-9-5-6-10-23)18-25(16-21)41-32-19-31-29(17-22(32)2)36(3,4)28-13-7-11-26-27-12-8-14-37-34(27)39(31)33(26)28/h7-8,11-19,23,30H,5-6,9-10,20H2,1-4H3/t30-/m0/s1. The van der Waals surface area contributed by atoms with Crippen molar-refractivity contribution < 1.29 is 9.47 Å². The predicted octanol–water partition coefficient (Wildman–Crippen LogP) is 8.56. The zero-order valence-corrected chi connectivity index (χ0v) is 24.2. The van der Waals surface area contributed by atoms with Gasteiger partial charge in [-0.2, -0.15) is 0 Å². The van der Waals surface area contributed by atoms with Crippen molar-refractivity contribution in [2.45, 2.75) is 64.8 Å². The fraction of sp³-hybridized carbons (Fsp3) is 0.333. The Morgan fingerprint density at radius 2 is 1.76 bits per heavy atom. The number of hydrogen-bond acceptors (Lipinski definition) is 4. The molecule has 5 aromatic rings. The number of ether oxygens (including phenoxy) is 2. The van der Waals surface area contributed by atoms with Crippen molar-refractivity contribution in [2.75, 3.05) is 6.61 Å². The lowest BCUT2D eigenvalue weighted by atomic mass is 9.74. The van der Waals surface area contributed by atoms with E-state index in [0.717, 1.165) is 45.4 Å². The zero-order chi connectivity index (χ0) is 27.9. The maximum absolute atomic E-state index is 6.68. The second-order valence-electron chi connectivity index (χ2n) is 12.7. The highest BCUT2D eigenvalue weighted by Crippen LogP contribution is 2.48. The van der Waals surface area contributed by atoms with Gasteiger partial charge in [-0.3, -0.25) is 4.57 Å². The lowest BCUT2D eigenvalue weighted by Gasteiger charge is -2.35. The lowest BCUT2D eigenvalue weighted by Crippen LogP contribution is -2.26. The topological polar surface area (TPSA) is 48.6 Å². The minimum atomic E-state index is -0.160. The van der Waals surface area contributed by atoms with Crippen molar-refractivity contribution in [2.24, 2.45) is 10.9 Å². The van der Waals surface area contributed by atoms with Crippen molar-refractivity contribution >= 4 is 27.8 Å². The van der Waals surface area contributed by atoms with Crippen molar-refractivity contribution in [1.29, 1.82) is 0 Å². The molecule has 1 aliphatic carbocycles. The number of rotatable bonds is 4. The summed E-state index contributed by atoms with van der Waals surface area (Å²) in [7, 11) is 0. The third kappa shape index (κ3) is 3.74. The molecule has 5 heteroatoms. The normalized spacial score (nSPS) is 19.4. The van der Waals surface area contributed by atoms with Gasteiger partial charge >= 0.3 is 0 Å². The molecule has 1 atom stereocenters. The Bertz CT molecular complexity index is 1890. The van der Waals surface area contributed by atoms with Crippen molar-refractivity contribution in [3.63, 3.8) is 0 Å². The summed E-state index contributed by atoms with van der Waals surface area (Å²) in [6.07, 6.45) is 7.05. The van der Waals surface area contributed by atoms with Crippen LogP contribution in [-0.4, -0.2) is 28.1 Å². The minimum absolute atomic E-state index is 0.160. The zero-order valence-electron chi connectivity index (χ0n) is 24.2. The molecule has 2 aromatic heterocycles. The fourth-order valence-corrected chi connectivity index (χ4v) is 7.44. The molecule has 0 N–H and O–H groups in total. The highest BCUT2D eigenvalue weighted by Gasteiger charge is 2.36. The van der Waals surface area contributed by atoms with E-state index < -0.39 is 0 Å². The molecule has 1 fully saturated rings. The fourth-order valence-electron chi connectivity index (χ4n) is 7.44. The summed E-state index contributed by atoms with van der Waals surface area (Å²) in [6.45, 7) is 9.58. The maximum Gasteiger partial charge on any atom is 0.216 e. The Kier molecular flexibility index (Phi) is 5.38. The number of aliphatic imine (C=N–C) groups is 1. The maximum atomic E-state index is 6.68. The van der Waals surface area contributed by atoms with E-state index in [4.69, 9.17) is 19.5 Å². The number of hydrogen-bond donors (Lipinski definition) is 0. The van der Waals surface area contributed by atoms with Gasteiger partial charge in [0.15, 0.2) is 0 Å². The number of aromatic nitrogens is 2. The second-order valence-corrected chi connectivity index (χ2v) is 12.7. The first kappa shape index (κ1) is 24.7. The Morgan fingerprint density at radius 1 is 0.927 bits per heavy atom. The molecular weight excluding hydrogens is 506 g/mol. The van der Waals surface area contributed by atoms with Gasteiger partial charge in [-0.1, -0.05) is 44.9 Å². The van der Waals surface area contributed by atoms with Gasteiger partial charge in [0.25, 0.3) is 0 Å². The summed E-state index contributed by atoms with van der Waals surface area (Å²) < 4.78 is 15.1. The van der Waals surface area contributed by atoms with E-state index in [9.17, 15) is 0 Å². The number of aryl methyl sites for hydroxylation is 2. The molecule has 4 heterocycles. The van der Waals surface area contributed by atoms with Gasteiger partial charge in [0.2, 0.25) is 5.90 Å². The molecule has 0 unspecified atom stereocenters. The van der Waals surface area contributed by atoms with Gasteiger partial charge in [-0.15, -0.1) is 0 Å². The monoisotopic (exact) mass is 541 g/mol. The van der Waals surface area contributed by atoms with Gasteiger partial charge in [-0.05, 0) is 91.3 Å². The average molecular weight is 542 g/mol. The van der Waals surface area contributed by atoms with Crippen LogP contribution in [0.4, 0.5) is 0 Å². The Balaban J connectivity index is 1.22. The van der Waals surface area contributed by atoms with Crippen molar-refractivity contribution in [3.05, 3.63) is 94.7 Å².